The molecule has 0 amide bonds. The minimum atomic E-state index is -0.789. The van der Waals surface area contributed by atoms with Gasteiger partial charge in [-0.1, -0.05) is 24.3 Å². The Kier molecular flexibility index (Phi) is 3.03. The topological polar surface area (TPSA) is 59.8 Å². The lowest BCUT2D eigenvalue weighted by atomic mass is 9.96. The minimum absolute atomic E-state index is 0.305. The maximum Gasteiger partial charge on any atom is 0.294 e. The second kappa shape index (κ2) is 4.99. The lowest BCUT2D eigenvalue weighted by Crippen LogP contribution is -2.46. The van der Waals surface area contributed by atoms with Gasteiger partial charge in [0.1, 0.15) is 11.5 Å². The summed E-state index contributed by atoms with van der Waals surface area (Å²) in [6.07, 6.45) is 0. The van der Waals surface area contributed by atoms with Crippen LogP contribution >= 0.6 is 0 Å². The van der Waals surface area contributed by atoms with E-state index in [1.165, 1.54) is 12.1 Å². The van der Waals surface area contributed by atoms with Crippen molar-refractivity contribution in [2.24, 2.45) is 0 Å². The molecule has 1 N–H and O–H groups in total. The Balaban J connectivity index is 2.04. The molecule has 0 saturated heterocycles. The molecule has 4 rings (SSSR count). The first-order valence-electron chi connectivity index (χ1n) is 7.61. The number of nitrogens with one attached hydrogen (secondary N) is 1. The molecule has 6 heteroatoms. The monoisotopic (exact) mass is 322 g/mol. The van der Waals surface area contributed by atoms with E-state index in [1.54, 1.807) is 23.7 Å². The number of hydrogen-bond acceptors (Lipinski definition) is 4. The van der Waals surface area contributed by atoms with Crippen LogP contribution in [0.15, 0.2) is 53.3 Å². The highest BCUT2D eigenvalue weighted by atomic mass is 19.1. The molecule has 2 heterocycles. The molecule has 0 unspecified atom stereocenters. The summed E-state index contributed by atoms with van der Waals surface area (Å²) >= 11 is 0. The Bertz CT molecular complexity index is 997. The number of rotatable bonds is 1. The maximum absolute atomic E-state index is 13.3. The van der Waals surface area contributed by atoms with Crippen LogP contribution < -0.4 is 10.9 Å². The molecule has 0 bridgehead atoms. The van der Waals surface area contributed by atoms with Crippen LogP contribution in [-0.2, 0) is 5.66 Å². The Morgan fingerprint density at radius 1 is 1.12 bits per heavy atom. The Morgan fingerprint density at radius 2 is 1.83 bits per heavy atom. The first-order valence-corrected chi connectivity index (χ1v) is 7.61. The summed E-state index contributed by atoms with van der Waals surface area (Å²) in [6.45, 7) is 3.56. The van der Waals surface area contributed by atoms with Crippen molar-refractivity contribution in [2.75, 3.05) is 5.32 Å². The average molecular weight is 322 g/mol. The Morgan fingerprint density at radius 3 is 2.58 bits per heavy atom. The first-order chi connectivity index (χ1) is 11.5. The van der Waals surface area contributed by atoms with Crippen molar-refractivity contribution in [1.82, 2.24) is 14.8 Å². The summed E-state index contributed by atoms with van der Waals surface area (Å²) in [4.78, 5) is 16.3. The predicted molar refractivity (Wildman–Crippen MR) is 89.2 cm³/mol. The number of halogens is 1. The number of para-hydroxylation sites is 1. The fourth-order valence-corrected chi connectivity index (χ4v) is 3.02. The van der Waals surface area contributed by atoms with E-state index in [4.69, 9.17) is 0 Å². The van der Waals surface area contributed by atoms with E-state index in [9.17, 15) is 9.18 Å². The fraction of sp³-hybridized carbons (Fsp3) is 0.167. The van der Waals surface area contributed by atoms with Crippen LogP contribution in [-0.4, -0.2) is 14.8 Å². The van der Waals surface area contributed by atoms with Crippen molar-refractivity contribution < 1.29 is 4.39 Å². The van der Waals surface area contributed by atoms with Gasteiger partial charge in [-0.15, -0.1) is 0 Å². The van der Waals surface area contributed by atoms with Crippen molar-refractivity contribution in [1.29, 1.82) is 0 Å². The molecular weight excluding hydrogens is 307 g/mol. The van der Waals surface area contributed by atoms with E-state index >= 15 is 0 Å². The van der Waals surface area contributed by atoms with Crippen molar-refractivity contribution in [3.05, 3.63) is 76.0 Å². The molecule has 2 aromatic carbocycles. The standard InChI is InChI=1S/C18H15FN4O/c1-11-17(24)20-16-14-5-3-4-6-15(14)21-18(2,23(16)22-11)12-7-9-13(19)10-8-12/h3-10,21H,1-2H3/t18-/m1/s1. The van der Waals surface area contributed by atoms with Gasteiger partial charge in [-0.25, -0.2) is 9.07 Å². The van der Waals surface area contributed by atoms with E-state index in [0.29, 0.717) is 11.5 Å². The van der Waals surface area contributed by atoms with Gasteiger partial charge >= 0.3 is 0 Å². The van der Waals surface area contributed by atoms with Gasteiger partial charge in [0.2, 0.25) is 0 Å². The zero-order valence-corrected chi connectivity index (χ0v) is 13.2. The quantitative estimate of drug-likeness (QED) is 0.748. The van der Waals surface area contributed by atoms with Crippen LogP contribution in [0.2, 0.25) is 0 Å². The second-order valence-corrected chi connectivity index (χ2v) is 5.99. The summed E-state index contributed by atoms with van der Waals surface area (Å²) < 4.78 is 15.0. The van der Waals surface area contributed by atoms with Crippen molar-refractivity contribution in [3.63, 3.8) is 0 Å². The van der Waals surface area contributed by atoms with Gasteiger partial charge in [0.15, 0.2) is 11.5 Å². The third-order valence-electron chi connectivity index (χ3n) is 4.34. The minimum Gasteiger partial charge on any atom is -0.357 e. The zero-order valence-electron chi connectivity index (χ0n) is 13.2. The molecule has 0 aliphatic carbocycles. The highest BCUT2D eigenvalue weighted by molar-refractivity contribution is 5.77. The molecule has 120 valence electrons. The molecule has 0 fully saturated rings. The molecule has 24 heavy (non-hydrogen) atoms. The van der Waals surface area contributed by atoms with Crippen LogP contribution in [0.25, 0.3) is 11.4 Å². The van der Waals surface area contributed by atoms with E-state index < -0.39 is 5.66 Å². The molecule has 5 nitrogen and oxygen atoms in total. The van der Waals surface area contributed by atoms with E-state index in [-0.39, 0.29) is 11.4 Å². The highest BCUT2D eigenvalue weighted by Gasteiger charge is 2.37. The van der Waals surface area contributed by atoms with Crippen molar-refractivity contribution in [3.8, 4) is 11.4 Å². The van der Waals surface area contributed by atoms with E-state index in [0.717, 1.165) is 16.8 Å². The molecule has 1 atom stereocenters. The van der Waals surface area contributed by atoms with Gasteiger partial charge in [0.05, 0.1) is 0 Å². The Hall–Kier alpha value is -3.02. The molecular formula is C18H15FN4O. The van der Waals surface area contributed by atoms with Gasteiger partial charge < -0.3 is 5.32 Å². The Labute approximate surface area is 137 Å². The lowest BCUT2D eigenvalue weighted by molar-refractivity contribution is 0.385. The van der Waals surface area contributed by atoms with Crippen LogP contribution in [0.1, 0.15) is 18.2 Å². The predicted octanol–water partition coefficient (Wildman–Crippen LogP) is 2.90. The fourth-order valence-electron chi connectivity index (χ4n) is 3.02. The largest absolute Gasteiger partial charge is 0.357 e. The molecule has 0 spiro atoms. The normalized spacial score (nSPS) is 18.5. The molecule has 1 aromatic heterocycles. The lowest BCUT2D eigenvalue weighted by Gasteiger charge is -2.39. The average Bonchev–Trinajstić information content (AvgIpc) is 2.57. The molecule has 0 radical (unpaired) electrons. The summed E-state index contributed by atoms with van der Waals surface area (Å²) in [5, 5.41) is 7.90. The first kappa shape index (κ1) is 14.6. The third kappa shape index (κ3) is 2.03. The van der Waals surface area contributed by atoms with Crippen LogP contribution in [0, 0.1) is 12.7 Å². The van der Waals surface area contributed by atoms with Gasteiger partial charge in [0.25, 0.3) is 5.56 Å². The number of nitrogens with zero attached hydrogens (tertiary/aromatic N) is 3. The SMILES string of the molecule is Cc1nn2c(nc1=O)-c1ccccc1N[C@@]2(C)c1ccc(F)cc1. The van der Waals surface area contributed by atoms with Gasteiger partial charge in [-0.05, 0) is 43.7 Å². The number of benzene rings is 2. The zero-order chi connectivity index (χ0) is 16.9. The summed E-state index contributed by atoms with van der Waals surface area (Å²) in [5.41, 5.74) is 1.65. The molecule has 0 saturated carbocycles. The summed E-state index contributed by atoms with van der Waals surface area (Å²) in [5.74, 6) is 0.188. The van der Waals surface area contributed by atoms with Crippen LogP contribution in [0.3, 0.4) is 0 Å². The van der Waals surface area contributed by atoms with Gasteiger partial charge in [-0.2, -0.15) is 10.1 Å². The summed E-state index contributed by atoms with van der Waals surface area (Å²) in [7, 11) is 0. The second-order valence-electron chi connectivity index (χ2n) is 5.99. The number of hydrogen-bond donors (Lipinski definition) is 1. The smallest absolute Gasteiger partial charge is 0.294 e. The molecule has 3 aromatic rings. The van der Waals surface area contributed by atoms with Crippen LogP contribution in [0.5, 0.6) is 0 Å². The maximum atomic E-state index is 13.3. The number of aryl methyl sites for hydroxylation is 1. The van der Waals surface area contributed by atoms with Crippen molar-refractivity contribution in [2.45, 2.75) is 19.5 Å². The van der Waals surface area contributed by atoms with Crippen molar-refractivity contribution >= 4 is 5.69 Å². The third-order valence-corrected chi connectivity index (χ3v) is 4.34. The molecule has 1 aliphatic heterocycles. The molecule has 1 aliphatic rings. The van der Waals surface area contributed by atoms with Crippen LogP contribution in [0.4, 0.5) is 10.1 Å². The number of fused-ring (bicyclic) bond motifs is 3. The van der Waals surface area contributed by atoms with Gasteiger partial charge in [0, 0.05) is 11.3 Å². The van der Waals surface area contributed by atoms with E-state index in [2.05, 4.69) is 15.4 Å². The van der Waals surface area contributed by atoms with Gasteiger partial charge in [-0.3, -0.25) is 4.79 Å². The number of anilines is 1. The highest BCUT2D eigenvalue weighted by Crippen LogP contribution is 2.39. The summed E-state index contributed by atoms with van der Waals surface area (Å²) in [6, 6.07) is 13.8. The van der Waals surface area contributed by atoms with E-state index in [1.807, 2.05) is 31.2 Å². The number of aromatic nitrogens is 3.